The van der Waals surface area contributed by atoms with E-state index < -0.39 is 5.69 Å². The van der Waals surface area contributed by atoms with Crippen molar-refractivity contribution in [3.8, 4) is 0 Å². The van der Waals surface area contributed by atoms with Gasteiger partial charge in [-0.05, 0) is 37.0 Å². The zero-order valence-electron chi connectivity index (χ0n) is 14.8. The summed E-state index contributed by atoms with van der Waals surface area (Å²) in [5, 5.41) is 0. The molecule has 1 aromatic carbocycles. The lowest BCUT2D eigenvalue weighted by Gasteiger charge is -2.34. The summed E-state index contributed by atoms with van der Waals surface area (Å²) < 4.78 is 3.33. The first-order valence-corrected chi connectivity index (χ1v) is 8.41. The molecule has 2 aromatic heterocycles. The Morgan fingerprint density at radius 3 is 2.72 bits per heavy atom. The van der Waals surface area contributed by atoms with E-state index in [0.29, 0.717) is 29.6 Å². The zero-order chi connectivity index (χ0) is 17.9. The molecule has 0 radical (unpaired) electrons. The van der Waals surface area contributed by atoms with Crippen LogP contribution in [0, 0.1) is 19.8 Å². The largest absolute Gasteiger partial charge is 0.329 e. The molecule has 0 saturated carbocycles. The van der Waals surface area contributed by atoms with Crippen molar-refractivity contribution in [2.45, 2.75) is 27.3 Å². The second kappa shape index (κ2) is 5.34. The Hall–Kier alpha value is -2.83. The average molecular weight is 339 g/mol. The van der Waals surface area contributed by atoms with Crippen LogP contribution in [-0.4, -0.2) is 25.6 Å². The van der Waals surface area contributed by atoms with Gasteiger partial charge in [0, 0.05) is 25.8 Å². The summed E-state index contributed by atoms with van der Waals surface area (Å²) in [5.41, 5.74) is 3.55. The monoisotopic (exact) mass is 339 g/mol. The van der Waals surface area contributed by atoms with Crippen molar-refractivity contribution in [2.75, 3.05) is 11.4 Å². The molecule has 1 aliphatic rings. The summed E-state index contributed by atoms with van der Waals surface area (Å²) in [6.07, 6.45) is 0. The number of aromatic amines is 1. The van der Waals surface area contributed by atoms with Crippen molar-refractivity contribution in [1.82, 2.24) is 19.1 Å². The van der Waals surface area contributed by atoms with Crippen molar-refractivity contribution in [1.29, 1.82) is 0 Å². The van der Waals surface area contributed by atoms with E-state index in [-0.39, 0.29) is 5.56 Å². The molecule has 7 nitrogen and oxygen atoms in total. The number of aromatic nitrogens is 4. The Kier molecular flexibility index (Phi) is 3.35. The standard InChI is InChI=1S/C18H21N5O2/c1-10-8-22(13-7-5-6-11(2)12(13)3)17-19-15-14(23(17)9-10)16(24)20-18(25)21(15)4/h5-7,10H,8-9H2,1-4H3,(H,20,24,25)/t10-/m1/s1. The summed E-state index contributed by atoms with van der Waals surface area (Å²) in [6.45, 7) is 7.86. The summed E-state index contributed by atoms with van der Waals surface area (Å²) in [6, 6.07) is 6.20. The predicted molar refractivity (Wildman–Crippen MR) is 97.7 cm³/mol. The normalized spacial score (nSPS) is 17.1. The van der Waals surface area contributed by atoms with E-state index >= 15 is 0 Å². The molecule has 0 spiro atoms. The Labute approximate surface area is 144 Å². The summed E-state index contributed by atoms with van der Waals surface area (Å²) in [7, 11) is 1.63. The zero-order valence-corrected chi connectivity index (χ0v) is 14.8. The number of nitrogens with one attached hydrogen (secondary N) is 1. The molecule has 0 aliphatic carbocycles. The van der Waals surface area contributed by atoms with Crippen LogP contribution in [0.5, 0.6) is 0 Å². The van der Waals surface area contributed by atoms with Gasteiger partial charge in [0.15, 0.2) is 11.2 Å². The van der Waals surface area contributed by atoms with E-state index in [9.17, 15) is 9.59 Å². The number of imidazole rings is 1. The number of rotatable bonds is 1. The number of fused-ring (bicyclic) bond motifs is 3. The van der Waals surface area contributed by atoms with Crippen LogP contribution in [0.4, 0.5) is 11.6 Å². The summed E-state index contributed by atoms with van der Waals surface area (Å²) in [5.74, 6) is 1.06. The van der Waals surface area contributed by atoms with E-state index in [0.717, 1.165) is 12.2 Å². The summed E-state index contributed by atoms with van der Waals surface area (Å²) in [4.78, 5) is 33.5. The van der Waals surface area contributed by atoms with E-state index in [1.165, 1.54) is 15.7 Å². The first-order chi connectivity index (χ1) is 11.9. The maximum Gasteiger partial charge on any atom is 0.329 e. The Morgan fingerprint density at radius 2 is 1.96 bits per heavy atom. The minimum absolute atomic E-state index is 0.349. The number of hydrogen-bond acceptors (Lipinski definition) is 4. The molecule has 0 unspecified atom stereocenters. The van der Waals surface area contributed by atoms with E-state index in [1.807, 2.05) is 10.6 Å². The number of H-pyrrole nitrogens is 1. The highest BCUT2D eigenvalue weighted by molar-refractivity contribution is 5.77. The van der Waals surface area contributed by atoms with Crippen LogP contribution in [-0.2, 0) is 13.6 Å². The number of aryl methyl sites for hydroxylation is 2. The second-order valence-electron chi connectivity index (χ2n) is 6.95. The second-order valence-corrected chi connectivity index (χ2v) is 6.95. The molecule has 0 amide bonds. The molecule has 25 heavy (non-hydrogen) atoms. The Morgan fingerprint density at radius 1 is 1.20 bits per heavy atom. The highest BCUT2D eigenvalue weighted by Crippen LogP contribution is 2.35. The van der Waals surface area contributed by atoms with Gasteiger partial charge in [-0.1, -0.05) is 19.1 Å². The van der Waals surface area contributed by atoms with Crippen LogP contribution < -0.4 is 16.1 Å². The van der Waals surface area contributed by atoms with Gasteiger partial charge >= 0.3 is 5.69 Å². The number of benzene rings is 1. The molecular formula is C18H21N5O2. The lowest BCUT2D eigenvalue weighted by molar-refractivity contribution is 0.458. The first-order valence-electron chi connectivity index (χ1n) is 8.41. The number of nitrogens with zero attached hydrogens (tertiary/aromatic N) is 4. The topological polar surface area (TPSA) is 75.9 Å². The fourth-order valence-electron chi connectivity index (χ4n) is 3.60. The molecule has 3 heterocycles. The van der Waals surface area contributed by atoms with Gasteiger partial charge in [0.2, 0.25) is 5.95 Å². The van der Waals surface area contributed by atoms with Crippen molar-refractivity contribution < 1.29 is 0 Å². The number of hydrogen-bond donors (Lipinski definition) is 1. The molecule has 3 aromatic rings. The van der Waals surface area contributed by atoms with E-state index in [4.69, 9.17) is 0 Å². The fourth-order valence-corrected chi connectivity index (χ4v) is 3.60. The van der Waals surface area contributed by atoms with Crippen molar-refractivity contribution in [3.63, 3.8) is 0 Å². The highest BCUT2D eigenvalue weighted by Gasteiger charge is 2.29. The molecule has 1 atom stereocenters. The van der Waals surface area contributed by atoms with Gasteiger partial charge in [0.25, 0.3) is 5.56 Å². The van der Waals surface area contributed by atoms with Crippen LogP contribution in [0.25, 0.3) is 11.2 Å². The minimum Gasteiger partial charge on any atom is -0.311 e. The van der Waals surface area contributed by atoms with Crippen molar-refractivity contribution in [3.05, 3.63) is 50.2 Å². The molecule has 130 valence electrons. The molecule has 7 heteroatoms. The van der Waals surface area contributed by atoms with Gasteiger partial charge in [0.1, 0.15) is 0 Å². The first kappa shape index (κ1) is 15.7. The van der Waals surface area contributed by atoms with Crippen LogP contribution >= 0.6 is 0 Å². The van der Waals surface area contributed by atoms with Crippen LogP contribution in [0.3, 0.4) is 0 Å². The van der Waals surface area contributed by atoms with Crippen molar-refractivity contribution >= 4 is 22.8 Å². The maximum absolute atomic E-state index is 12.4. The fraction of sp³-hybridized carbons (Fsp3) is 0.389. The van der Waals surface area contributed by atoms with E-state index in [2.05, 4.69) is 47.8 Å². The minimum atomic E-state index is -0.445. The van der Waals surface area contributed by atoms with Gasteiger partial charge in [-0.2, -0.15) is 4.98 Å². The average Bonchev–Trinajstić information content (AvgIpc) is 2.94. The molecule has 0 saturated heterocycles. The lowest BCUT2D eigenvalue weighted by Crippen LogP contribution is -2.35. The molecule has 1 N–H and O–H groups in total. The Balaban J connectivity index is 2.04. The molecule has 1 aliphatic heterocycles. The predicted octanol–water partition coefficient (Wildman–Crippen LogP) is 1.83. The Bertz CT molecular complexity index is 1110. The molecular weight excluding hydrogens is 318 g/mol. The SMILES string of the molecule is Cc1cccc(N2C[C@@H](C)Cn3c2nc2c3c(=O)[nH]c(=O)n2C)c1C. The third kappa shape index (κ3) is 2.22. The van der Waals surface area contributed by atoms with Gasteiger partial charge in [-0.3, -0.25) is 14.3 Å². The third-order valence-corrected chi connectivity index (χ3v) is 5.08. The molecule has 0 bridgehead atoms. The third-order valence-electron chi connectivity index (χ3n) is 5.08. The van der Waals surface area contributed by atoms with Gasteiger partial charge in [0.05, 0.1) is 0 Å². The molecule has 0 fully saturated rings. The van der Waals surface area contributed by atoms with Crippen LogP contribution in [0.2, 0.25) is 0 Å². The van der Waals surface area contributed by atoms with E-state index in [1.54, 1.807) is 7.05 Å². The highest BCUT2D eigenvalue weighted by atomic mass is 16.2. The van der Waals surface area contributed by atoms with Crippen LogP contribution in [0.15, 0.2) is 27.8 Å². The smallest absolute Gasteiger partial charge is 0.311 e. The lowest BCUT2D eigenvalue weighted by atomic mass is 10.0. The quantitative estimate of drug-likeness (QED) is 0.734. The molecule has 4 rings (SSSR count). The van der Waals surface area contributed by atoms with Gasteiger partial charge < -0.3 is 9.47 Å². The summed E-state index contributed by atoms with van der Waals surface area (Å²) >= 11 is 0. The van der Waals surface area contributed by atoms with Gasteiger partial charge in [-0.15, -0.1) is 0 Å². The maximum atomic E-state index is 12.4. The number of anilines is 2. The van der Waals surface area contributed by atoms with Gasteiger partial charge in [-0.25, -0.2) is 4.79 Å². The van der Waals surface area contributed by atoms with Crippen molar-refractivity contribution in [2.24, 2.45) is 13.0 Å². The van der Waals surface area contributed by atoms with Crippen LogP contribution in [0.1, 0.15) is 18.1 Å².